The highest BCUT2D eigenvalue weighted by Gasteiger charge is 2.13. The van der Waals surface area contributed by atoms with E-state index in [4.69, 9.17) is 10.5 Å². The molecule has 3 nitrogen and oxygen atoms in total. The van der Waals surface area contributed by atoms with Gasteiger partial charge in [-0.1, -0.05) is 0 Å². The molecule has 1 atom stereocenters. The van der Waals surface area contributed by atoms with Gasteiger partial charge >= 0.3 is 0 Å². The van der Waals surface area contributed by atoms with Crippen molar-refractivity contribution in [2.24, 2.45) is 5.73 Å². The van der Waals surface area contributed by atoms with Crippen LogP contribution in [0.5, 0.6) is 5.75 Å². The number of ether oxygens (including phenoxy) is 1. The Morgan fingerprint density at radius 2 is 2.06 bits per heavy atom. The maximum absolute atomic E-state index is 6.24. The smallest absolute Gasteiger partial charge is 0.137 e. The zero-order valence-corrected chi connectivity index (χ0v) is 11.0. The molecule has 17 heavy (non-hydrogen) atoms. The van der Waals surface area contributed by atoms with Crippen molar-refractivity contribution in [3.05, 3.63) is 45.4 Å². The van der Waals surface area contributed by atoms with Gasteiger partial charge in [0.2, 0.25) is 0 Å². The minimum Gasteiger partial charge on any atom is -0.495 e. The lowest BCUT2D eigenvalue weighted by Gasteiger charge is -2.10. The summed E-state index contributed by atoms with van der Waals surface area (Å²) < 4.78 is 5.16. The molecule has 2 aromatic rings. The number of hydrogen-bond donors (Lipinski definition) is 1. The van der Waals surface area contributed by atoms with E-state index in [9.17, 15) is 0 Å². The van der Waals surface area contributed by atoms with E-state index in [1.807, 2.05) is 6.07 Å². The Labute approximate surface area is 105 Å². The summed E-state index contributed by atoms with van der Waals surface area (Å²) in [5.74, 6) is 0.739. The lowest BCUT2D eigenvalue weighted by molar-refractivity contribution is 0.412. The Kier molecular flexibility index (Phi) is 3.45. The van der Waals surface area contributed by atoms with Crippen LogP contribution in [0.25, 0.3) is 0 Å². The van der Waals surface area contributed by atoms with Crippen LogP contribution in [0.15, 0.2) is 24.5 Å². The number of nitrogens with two attached hydrogens (primary N) is 1. The highest BCUT2D eigenvalue weighted by Crippen LogP contribution is 2.29. The van der Waals surface area contributed by atoms with E-state index in [0.29, 0.717) is 0 Å². The van der Waals surface area contributed by atoms with E-state index < -0.39 is 0 Å². The molecule has 1 unspecified atom stereocenters. The summed E-state index contributed by atoms with van der Waals surface area (Å²) >= 11 is 1.74. The fourth-order valence-corrected chi connectivity index (χ4v) is 2.71. The first-order valence-electron chi connectivity index (χ1n) is 5.43. The maximum atomic E-state index is 6.24. The third kappa shape index (κ3) is 2.48. The summed E-state index contributed by atoms with van der Waals surface area (Å²) in [6.45, 7) is 4.21. The van der Waals surface area contributed by atoms with Crippen molar-refractivity contribution in [2.75, 3.05) is 7.11 Å². The molecule has 0 saturated heterocycles. The molecule has 2 heterocycles. The van der Waals surface area contributed by atoms with Crippen molar-refractivity contribution in [3.63, 3.8) is 0 Å². The predicted octanol–water partition coefficient (Wildman–Crippen LogP) is 2.82. The van der Waals surface area contributed by atoms with Crippen molar-refractivity contribution in [3.8, 4) is 5.75 Å². The minimum atomic E-state index is -0.130. The number of pyridine rings is 1. The maximum Gasteiger partial charge on any atom is 0.137 e. The number of methoxy groups -OCH3 is 1. The summed E-state index contributed by atoms with van der Waals surface area (Å²) in [5, 5.41) is 0. The molecule has 0 aliphatic heterocycles. The molecule has 0 aliphatic rings. The second kappa shape index (κ2) is 4.85. The van der Waals surface area contributed by atoms with Gasteiger partial charge < -0.3 is 10.5 Å². The number of nitrogens with zero attached hydrogens (tertiary/aromatic N) is 1. The Bertz CT molecular complexity index is 502. The van der Waals surface area contributed by atoms with Crippen LogP contribution in [-0.4, -0.2) is 12.1 Å². The standard InChI is InChI=1S/C13H16N2OS/c1-8-4-12(17-9(8)2)13(14)10-5-11(16-3)7-15-6-10/h4-7,13H,14H2,1-3H3. The molecule has 0 amide bonds. The van der Waals surface area contributed by atoms with Crippen LogP contribution < -0.4 is 10.5 Å². The van der Waals surface area contributed by atoms with Crippen molar-refractivity contribution in [2.45, 2.75) is 19.9 Å². The molecule has 90 valence electrons. The molecule has 0 radical (unpaired) electrons. The minimum absolute atomic E-state index is 0.130. The van der Waals surface area contributed by atoms with Crippen LogP contribution in [0, 0.1) is 13.8 Å². The van der Waals surface area contributed by atoms with Gasteiger partial charge in [0, 0.05) is 16.0 Å². The molecule has 0 spiro atoms. The Morgan fingerprint density at radius 3 is 2.65 bits per heavy atom. The van der Waals surface area contributed by atoms with E-state index in [-0.39, 0.29) is 6.04 Å². The lowest BCUT2D eigenvalue weighted by atomic mass is 10.1. The first-order chi connectivity index (χ1) is 8.11. The molecule has 2 N–H and O–H groups in total. The van der Waals surface area contributed by atoms with Crippen molar-refractivity contribution < 1.29 is 4.74 Å². The molecular formula is C13H16N2OS. The summed E-state index contributed by atoms with van der Waals surface area (Å²) in [5.41, 5.74) is 8.50. The Hall–Kier alpha value is -1.39. The van der Waals surface area contributed by atoms with E-state index in [2.05, 4.69) is 24.9 Å². The Balaban J connectivity index is 2.32. The van der Waals surface area contributed by atoms with Crippen molar-refractivity contribution in [1.29, 1.82) is 0 Å². The second-order valence-electron chi connectivity index (χ2n) is 4.02. The van der Waals surface area contributed by atoms with Crippen LogP contribution in [0.2, 0.25) is 0 Å². The summed E-state index contributed by atoms with van der Waals surface area (Å²) in [6, 6.07) is 3.95. The second-order valence-corrected chi connectivity index (χ2v) is 5.31. The molecule has 2 rings (SSSR count). The average Bonchev–Trinajstić information content (AvgIpc) is 2.69. The number of aryl methyl sites for hydroxylation is 2. The molecule has 0 fully saturated rings. The molecule has 4 heteroatoms. The van der Waals surface area contributed by atoms with Gasteiger partial charge in [0.25, 0.3) is 0 Å². The van der Waals surface area contributed by atoms with Gasteiger partial charge in [-0.05, 0) is 37.1 Å². The molecule has 2 aromatic heterocycles. The van der Waals surface area contributed by atoms with Gasteiger partial charge in [0.05, 0.1) is 19.3 Å². The number of hydrogen-bond acceptors (Lipinski definition) is 4. The van der Waals surface area contributed by atoms with Gasteiger partial charge in [-0.2, -0.15) is 0 Å². The van der Waals surface area contributed by atoms with E-state index in [1.54, 1.807) is 30.8 Å². The zero-order chi connectivity index (χ0) is 12.4. The fourth-order valence-electron chi connectivity index (χ4n) is 1.64. The Morgan fingerprint density at radius 1 is 1.29 bits per heavy atom. The van der Waals surface area contributed by atoms with Crippen LogP contribution >= 0.6 is 11.3 Å². The number of thiophene rings is 1. The highest BCUT2D eigenvalue weighted by atomic mass is 32.1. The third-order valence-corrected chi connectivity index (χ3v) is 4.06. The molecular weight excluding hydrogens is 232 g/mol. The van der Waals surface area contributed by atoms with Gasteiger partial charge in [-0.25, -0.2) is 0 Å². The van der Waals surface area contributed by atoms with Crippen LogP contribution in [0.4, 0.5) is 0 Å². The predicted molar refractivity (Wildman–Crippen MR) is 70.6 cm³/mol. The highest BCUT2D eigenvalue weighted by molar-refractivity contribution is 7.12. The van der Waals surface area contributed by atoms with Crippen LogP contribution in [0.3, 0.4) is 0 Å². The van der Waals surface area contributed by atoms with Gasteiger partial charge in [0.15, 0.2) is 0 Å². The summed E-state index contributed by atoms with van der Waals surface area (Å²) in [7, 11) is 1.63. The van der Waals surface area contributed by atoms with Crippen molar-refractivity contribution in [1.82, 2.24) is 4.98 Å². The van der Waals surface area contributed by atoms with Crippen molar-refractivity contribution >= 4 is 11.3 Å². The van der Waals surface area contributed by atoms with Crippen LogP contribution in [-0.2, 0) is 0 Å². The normalized spacial score (nSPS) is 12.5. The molecule has 0 bridgehead atoms. The summed E-state index contributed by atoms with van der Waals surface area (Å²) in [4.78, 5) is 6.60. The monoisotopic (exact) mass is 248 g/mol. The molecule has 0 aromatic carbocycles. The lowest BCUT2D eigenvalue weighted by Crippen LogP contribution is -2.10. The number of rotatable bonds is 3. The quantitative estimate of drug-likeness (QED) is 0.908. The molecule has 0 aliphatic carbocycles. The van der Waals surface area contributed by atoms with E-state index in [1.165, 1.54) is 10.4 Å². The van der Waals surface area contributed by atoms with Gasteiger partial charge in [0.1, 0.15) is 5.75 Å². The van der Waals surface area contributed by atoms with E-state index >= 15 is 0 Å². The third-order valence-electron chi connectivity index (χ3n) is 2.82. The van der Waals surface area contributed by atoms with Gasteiger partial charge in [-0.3, -0.25) is 4.98 Å². The average molecular weight is 248 g/mol. The fraction of sp³-hybridized carbons (Fsp3) is 0.308. The van der Waals surface area contributed by atoms with Gasteiger partial charge in [-0.15, -0.1) is 11.3 Å². The summed E-state index contributed by atoms with van der Waals surface area (Å²) in [6.07, 6.45) is 3.47. The topological polar surface area (TPSA) is 48.1 Å². The molecule has 0 saturated carbocycles. The first-order valence-corrected chi connectivity index (χ1v) is 6.25. The first kappa shape index (κ1) is 12.1. The van der Waals surface area contributed by atoms with E-state index in [0.717, 1.165) is 16.2 Å². The number of aromatic nitrogens is 1. The largest absolute Gasteiger partial charge is 0.495 e. The SMILES string of the molecule is COc1cncc(C(N)c2cc(C)c(C)s2)c1. The zero-order valence-electron chi connectivity index (χ0n) is 10.2. The van der Waals surface area contributed by atoms with Crippen LogP contribution in [0.1, 0.15) is 26.9 Å².